The van der Waals surface area contributed by atoms with Crippen LogP contribution >= 0.6 is 11.6 Å². The molecule has 0 spiro atoms. The first-order valence-corrected chi connectivity index (χ1v) is 8.40. The first kappa shape index (κ1) is 15.9. The van der Waals surface area contributed by atoms with E-state index in [1.54, 1.807) is 7.11 Å². The Balaban J connectivity index is 1.78. The molecule has 0 aliphatic carbocycles. The lowest BCUT2D eigenvalue weighted by molar-refractivity contribution is -0.0381. The first-order chi connectivity index (χ1) is 12.1. The van der Waals surface area contributed by atoms with Crippen LogP contribution in [0, 0.1) is 0 Å². The number of nitrogens with zero attached hydrogens (tertiary/aromatic N) is 1. The fourth-order valence-electron chi connectivity index (χ4n) is 2.85. The number of hydrogen-bond donors (Lipinski definition) is 1. The molecule has 4 nitrogen and oxygen atoms in total. The van der Waals surface area contributed by atoms with Gasteiger partial charge in [0.1, 0.15) is 10.9 Å². The van der Waals surface area contributed by atoms with E-state index in [1.165, 1.54) is 0 Å². The summed E-state index contributed by atoms with van der Waals surface area (Å²) in [6.45, 7) is 1.85. The van der Waals surface area contributed by atoms with Crippen molar-refractivity contribution in [2.75, 3.05) is 7.11 Å². The number of methoxy groups -OCH3 is 1. The van der Waals surface area contributed by atoms with E-state index in [-0.39, 0.29) is 6.29 Å². The van der Waals surface area contributed by atoms with Crippen molar-refractivity contribution in [2.45, 2.75) is 13.2 Å². The minimum atomic E-state index is -0.296. The Morgan fingerprint density at radius 1 is 1.04 bits per heavy atom. The monoisotopic (exact) mass is 352 g/mol. The number of rotatable bonds is 4. The lowest BCUT2D eigenvalue weighted by Gasteiger charge is -2.12. The van der Waals surface area contributed by atoms with E-state index in [2.05, 4.69) is 22.1 Å². The topological polar surface area (TPSA) is 47.1 Å². The van der Waals surface area contributed by atoms with E-state index >= 15 is 0 Å². The highest BCUT2D eigenvalue weighted by Gasteiger charge is 2.11. The SMILES string of the molecule is COC(C)Oc1ccc2[nH]c(-c3cc4ccccc4nc3Cl)cc2c1. The van der Waals surface area contributed by atoms with Gasteiger partial charge >= 0.3 is 0 Å². The molecule has 0 fully saturated rings. The van der Waals surface area contributed by atoms with Gasteiger partial charge in [-0.05, 0) is 43.3 Å². The van der Waals surface area contributed by atoms with Crippen molar-refractivity contribution in [2.24, 2.45) is 0 Å². The Morgan fingerprint density at radius 2 is 1.88 bits per heavy atom. The molecule has 1 unspecified atom stereocenters. The van der Waals surface area contributed by atoms with Crippen molar-refractivity contribution in [1.82, 2.24) is 9.97 Å². The number of aromatic amines is 1. The molecule has 0 amide bonds. The maximum Gasteiger partial charge on any atom is 0.196 e. The van der Waals surface area contributed by atoms with Crippen molar-refractivity contribution >= 4 is 33.4 Å². The van der Waals surface area contributed by atoms with Gasteiger partial charge in [0.05, 0.1) is 5.52 Å². The number of para-hydroxylation sites is 1. The standard InChI is InChI=1S/C20H17ClN2O2/c1-12(24-2)25-15-7-8-18-14(9-15)11-19(22-18)16-10-13-5-3-4-6-17(13)23-20(16)21/h3-12,22H,1-2H3. The van der Waals surface area contributed by atoms with Gasteiger partial charge in [-0.2, -0.15) is 0 Å². The first-order valence-electron chi connectivity index (χ1n) is 8.02. The minimum absolute atomic E-state index is 0.296. The van der Waals surface area contributed by atoms with E-state index in [0.29, 0.717) is 5.15 Å². The number of ether oxygens (including phenoxy) is 2. The van der Waals surface area contributed by atoms with Crippen LogP contribution in [0.3, 0.4) is 0 Å². The molecular weight excluding hydrogens is 336 g/mol. The molecule has 0 aliphatic rings. The molecular formula is C20H17ClN2O2. The number of H-pyrrole nitrogens is 1. The number of hydrogen-bond acceptors (Lipinski definition) is 3. The van der Waals surface area contributed by atoms with Crippen LogP contribution < -0.4 is 4.74 Å². The van der Waals surface area contributed by atoms with Gasteiger partial charge in [0, 0.05) is 34.7 Å². The highest BCUT2D eigenvalue weighted by Crippen LogP contribution is 2.32. The number of halogens is 1. The molecule has 5 heteroatoms. The number of pyridine rings is 1. The average Bonchev–Trinajstić information content (AvgIpc) is 3.04. The van der Waals surface area contributed by atoms with Gasteiger partial charge in [0.15, 0.2) is 6.29 Å². The molecule has 0 saturated heterocycles. The van der Waals surface area contributed by atoms with Crippen LogP contribution in [0.15, 0.2) is 54.6 Å². The van der Waals surface area contributed by atoms with Crippen LogP contribution in [0.2, 0.25) is 5.15 Å². The molecule has 0 radical (unpaired) electrons. The zero-order valence-electron chi connectivity index (χ0n) is 13.9. The molecule has 4 rings (SSSR count). The van der Waals surface area contributed by atoms with Crippen LogP contribution in [0.25, 0.3) is 33.1 Å². The van der Waals surface area contributed by atoms with Crippen molar-refractivity contribution in [1.29, 1.82) is 0 Å². The zero-order valence-corrected chi connectivity index (χ0v) is 14.7. The summed E-state index contributed by atoms with van der Waals surface area (Å²) in [4.78, 5) is 7.90. The van der Waals surface area contributed by atoms with Crippen LogP contribution in [0.4, 0.5) is 0 Å². The van der Waals surface area contributed by atoms with Gasteiger partial charge in [-0.25, -0.2) is 4.98 Å². The highest BCUT2D eigenvalue weighted by atomic mass is 35.5. The summed E-state index contributed by atoms with van der Waals surface area (Å²) in [6.07, 6.45) is -0.296. The summed E-state index contributed by atoms with van der Waals surface area (Å²) in [5.41, 5.74) is 3.70. The molecule has 1 atom stereocenters. The fourth-order valence-corrected chi connectivity index (χ4v) is 3.10. The fraction of sp³-hybridized carbons (Fsp3) is 0.150. The van der Waals surface area contributed by atoms with E-state index in [1.807, 2.05) is 49.4 Å². The van der Waals surface area contributed by atoms with Crippen LogP contribution in [0.5, 0.6) is 5.75 Å². The Labute approximate surface area is 150 Å². The van der Waals surface area contributed by atoms with E-state index in [4.69, 9.17) is 21.1 Å². The highest BCUT2D eigenvalue weighted by molar-refractivity contribution is 6.32. The summed E-state index contributed by atoms with van der Waals surface area (Å²) in [7, 11) is 1.62. The minimum Gasteiger partial charge on any atom is -0.465 e. The third-order valence-electron chi connectivity index (χ3n) is 4.19. The van der Waals surface area contributed by atoms with Crippen LogP contribution in [-0.2, 0) is 4.74 Å². The molecule has 0 bridgehead atoms. The largest absolute Gasteiger partial charge is 0.465 e. The normalized spacial score (nSPS) is 12.6. The predicted molar refractivity (Wildman–Crippen MR) is 101 cm³/mol. The lowest BCUT2D eigenvalue weighted by atomic mass is 10.1. The molecule has 2 aromatic carbocycles. The van der Waals surface area contributed by atoms with Crippen LogP contribution in [0.1, 0.15) is 6.92 Å². The number of aromatic nitrogens is 2. The van der Waals surface area contributed by atoms with Gasteiger partial charge in [0.25, 0.3) is 0 Å². The van der Waals surface area contributed by atoms with E-state index in [0.717, 1.165) is 38.8 Å². The van der Waals surface area contributed by atoms with E-state index in [9.17, 15) is 0 Å². The van der Waals surface area contributed by atoms with Gasteiger partial charge in [-0.15, -0.1) is 0 Å². The van der Waals surface area contributed by atoms with Crippen molar-refractivity contribution in [3.63, 3.8) is 0 Å². The smallest absolute Gasteiger partial charge is 0.196 e. The summed E-state index contributed by atoms with van der Waals surface area (Å²) in [5.74, 6) is 0.759. The maximum atomic E-state index is 6.41. The molecule has 1 N–H and O–H groups in total. The second-order valence-electron chi connectivity index (χ2n) is 5.87. The summed E-state index contributed by atoms with van der Waals surface area (Å²) in [6, 6.07) is 17.9. The zero-order chi connectivity index (χ0) is 17.4. The van der Waals surface area contributed by atoms with E-state index < -0.39 is 0 Å². The second kappa shape index (κ2) is 6.39. The Bertz CT molecular complexity index is 1060. The van der Waals surface area contributed by atoms with Gasteiger partial charge in [0.2, 0.25) is 0 Å². The van der Waals surface area contributed by atoms with Gasteiger partial charge in [-0.3, -0.25) is 0 Å². The number of nitrogens with one attached hydrogen (secondary N) is 1. The molecule has 4 aromatic rings. The Morgan fingerprint density at radius 3 is 2.72 bits per heavy atom. The molecule has 0 aliphatic heterocycles. The summed E-state index contributed by atoms with van der Waals surface area (Å²) >= 11 is 6.41. The third kappa shape index (κ3) is 3.06. The van der Waals surface area contributed by atoms with Crippen molar-refractivity contribution in [3.8, 4) is 17.0 Å². The number of fused-ring (bicyclic) bond motifs is 2. The number of benzene rings is 2. The van der Waals surface area contributed by atoms with Crippen molar-refractivity contribution < 1.29 is 9.47 Å². The maximum absolute atomic E-state index is 6.41. The Kier molecular flexibility index (Phi) is 4.07. The lowest BCUT2D eigenvalue weighted by Crippen LogP contribution is -2.13. The predicted octanol–water partition coefficient (Wildman–Crippen LogP) is 5.41. The molecule has 25 heavy (non-hydrogen) atoms. The summed E-state index contributed by atoms with van der Waals surface area (Å²) in [5, 5.41) is 2.58. The molecule has 0 saturated carbocycles. The average molecular weight is 353 g/mol. The van der Waals surface area contributed by atoms with Gasteiger partial charge < -0.3 is 14.5 Å². The van der Waals surface area contributed by atoms with Crippen LogP contribution in [-0.4, -0.2) is 23.4 Å². The van der Waals surface area contributed by atoms with Crippen molar-refractivity contribution in [3.05, 3.63) is 59.8 Å². The second-order valence-corrected chi connectivity index (χ2v) is 6.23. The Hall–Kier alpha value is -2.56. The quantitative estimate of drug-likeness (QED) is 0.394. The molecule has 2 aromatic heterocycles. The van der Waals surface area contributed by atoms with Gasteiger partial charge in [-0.1, -0.05) is 29.8 Å². The molecule has 2 heterocycles. The molecule has 126 valence electrons. The third-order valence-corrected chi connectivity index (χ3v) is 4.48. The summed E-state index contributed by atoms with van der Waals surface area (Å²) < 4.78 is 10.8.